The number of nitrogens with zero attached hydrogens (tertiary/aromatic N) is 3. The molecule has 2 heterocycles. The fraction of sp³-hybridized carbons (Fsp3) is 0.217. The zero-order valence-corrected chi connectivity index (χ0v) is 16.8. The van der Waals surface area contributed by atoms with Crippen molar-refractivity contribution >= 4 is 11.6 Å². The van der Waals surface area contributed by atoms with Crippen molar-refractivity contribution in [3.05, 3.63) is 92.9 Å². The molecule has 4 rings (SSSR count). The molecule has 0 aliphatic carbocycles. The maximum Gasteiger partial charge on any atom is 0.291 e. The van der Waals surface area contributed by atoms with Crippen LogP contribution < -0.4 is 0 Å². The molecule has 31 heavy (non-hydrogen) atoms. The van der Waals surface area contributed by atoms with E-state index in [1.807, 2.05) is 18.2 Å². The summed E-state index contributed by atoms with van der Waals surface area (Å²) < 4.78 is 13.2. The van der Waals surface area contributed by atoms with Crippen molar-refractivity contribution < 1.29 is 19.2 Å². The normalized spacial score (nSPS) is 13.7. The van der Waals surface area contributed by atoms with Crippen LogP contribution in [-0.4, -0.2) is 25.8 Å². The average Bonchev–Trinajstić information content (AvgIpc) is 3.17. The van der Waals surface area contributed by atoms with E-state index in [-0.39, 0.29) is 23.7 Å². The van der Waals surface area contributed by atoms with E-state index >= 15 is 0 Å². The van der Waals surface area contributed by atoms with E-state index in [0.29, 0.717) is 24.3 Å². The summed E-state index contributed by atoms with van der Waals surface area (Å²) >= 11 is 0. The van der Waals surface area contributed by atoms with Gasteiger partial charge in [-0.15, -0.1) is 0 Å². The molecule has 3 aromatic rings. The second-order valence-electron chi connectivity index (χ2n) is 7.56. The minimum absolute atomic E-state index is 0.0671. The number of hydrogen-bond acceptors (Lipinski definition) is 5. The van der Waals surface area contributed by atoms with Gasteiger partial charge in [0.15, 0.2) is 0 Å². The summed E-state index contributed by atoms with van der Waals surface area (Å²) in [6.07, 6.45) is -0.820. The maximum absolute atomic E-state index is 13.2. The van der Waals surface area contributed by atoms with Crippen molar-refractivity contribution in [2.24, 2.45) is 0 Å². The molecule has 1 aliphatic rings. The Morgan fingerprint density at radius 2 is 1.87 bits per heavy atom. The Bertz CT molecular complexity index is 1160. The smallest absolute Gasteiger partial charge is 0.291 e. The fourth-order valence-corrected chi connectivity index (χ4v) is 3.68. The highest BCUT2D eigenvalue weighted by Gasteiger charge is 2.27. The summed E-state index contributed by atoms with van der Waals surface area (Å²) in [5.41, 5.74) is 3.58. The number of halogens is 1. The molecular weight excluding hydrogens is 401 g/mol. The van der Waals surface area contributed by atoms with Crippen LogP contribution in [0.3, 0.4) is 0 Å². The largest absolute Gasteiger partial charge is 0.389 e. The van der Waals surface area contributed by atoms with Gasteiger partial charge in [0.05, 0.1) is 23.1 Å². The highest BCUT2D eigenvalue weighted by atomic mass is 19.1. The number of carbonyl (C=O) groups is 1. The number of benzene rings is 2. The van der Waals surface area contributed by atoms with Crippen LogP contribution >= 0.6 is 0 Å². The van der Waals surface area contributed by atoms with E-state index in [4.69, 9.17) is 0 Å². The van der Waals surface area contributed by atoms with Crippen molar-refractivity contribution in [2.75, 3.05) is 0 Å². The lowest BCUT2D eigenvalue weighted by atomic mass is 10.0. The first-order valence-electron chi connectivity index (χ1n) is 9.79. The molecule has 0 spiro atoms. The number of hydrogen-bond donors (Lipinski definition) is 1. The second-order valence-corrected chi connectivity index (χ2v) is 7.56. The number of aliphatic hydroxyl groups is 1. The minimum atomic E-state index is -0.601. The van der Waals surface area contributed by atoms with Gasteiger partial charge < -0.3 is 10.0 Å². The molecule has 0 saturated carbocycles. The van der Waals surface area contributed by atoms with Gasteiger partial charge in [0, 0.05) is 24.7 Å². The molecule has 0 bridgehead atoms. The molecule has 1 unspecified atom stereocenters. The van der Waals surface area contributed by atoms with Crippen molar-refractivity contribution in [2.45, 2.75) is 32.5 Å². The predicted octanol–water partition coefficient (Wildman–Crippen LogP) is 3.93. The van der Waals surface area contributed by atoms with Crippen molar-refractivity contribution in [3.63, 3.8) is 0 Å². The van der Waals surface area contributed by atoms with Gasteiger partial charge in [-0.3, -0.25) is 14.9 Å². The number of aromatic nitrogens is 1. The molecule has 2 aromatic carbocycles. The van der Waals surface area contributed by atoms with Gasteiger partial charge in [0.2, 0.25) is 5.91 Å². The van der Waals surface area contributed by atoms with Gasteiger partial charge in [-0.1, -0.05) is 18.2 Å². The van der Waals surface area contributed by atoms with Gasteiger partial charge in [-0.25, -0.2) is 9.37 Å². The molecule has 0 fully saturated rings. The number of aliphatic hydroxyl groups excluding tert-OH is 1. The number of carbonyl (C=O) groups excluding carboxylic acids is 1. The first-order chi connectivity index (χ1) is 14.8. The predicted molar refractivity (Wildman–Crippen MR) is 111 cm³/mol. The first kappa shape index (κ1) is 20.6. The lowest BCUT2D eigenvalue weighted by molar-refractivity contribution is -0.385. The third-order valence-corrected chi connectivity index (χ3v) is 5.39. The summed E-state index contributed by atoms with van der Waals surface area (Å²) in [5, 5.41) is 21.2. The Morgan fingerprint density at radius 1 is 1.16 bits per heavy atom. The molecule has 1 amide bonds. The number of fused-ring (bicyclic) bond motifs is 1. The summed E-state index contributed by atoms with van der Waals surface area (Å²) in [6.45, 7) is 2.46. The monoisotopic (exact) mass is 421 g/mol. The molecule has 0 saturated heterocycles. The fourth-order valence-electron chi connectivity index (χ4n) is 3.68. The van der Waals surface area contributed by atoms with Crippen LogP contribution in [0.1, 0.15) is 35.4 Å². The summed E-state index contributed by atoms with van der Waals surface area (Å²) in [5.74, 6) is -0.671. The lowest BCUT2D eigenvalue weighted by Crippen LogP contribution is -2.27. The first-order valence-corrected chi connectivity index (χ1v) is 9.79. The van der Waals surface area contributed by atoms with Crippen molar-refractivity contribution in [3.8, 4) is 11.3 Å². The molecule has 7 nitrogen and oxygen atoms in total. The molecule has 1 N–H and O–H groups in total. The molecule has 1 aromatic heterocycles. The summed E-state index contributed by atoms with van der Waals surface area (Å²) in [7, 11) is 0. The van der Waals surface area contributed by atoms with E-state index in [9.17, 15) is 24.4 Å². The second kappa shape index (κ2) is 8.23. The van der Waals surface area contributed by atoms with E-state index in [1.165, 1.54) is 36.4 Å². The topological polar surface area (TPSA) is 96.6 Å². The van der Waals surface area contributed by atoms with E-state index in [0.717, 1.165) is 16.7 Å². The highest BCUT2D eigenvalue weighted by molar-refractivity contribution is 5.80. The molecule has 1 aliphatic heterocycles. The van der Waals surface area contributed by atoms with Crippen LogP contribution in [-0.2, 0) is 24.3 Å². The number of amides is 1. The summed E-state index contributed by atoms with van der Waals surface area (Å²) in [4.78, 5) is 29.8. The van der Waals surface area contributed by atoms with Crippen LogP contribution in [0.2, 0.25) is 0 Å². The van der Waals surface area contributed by atoms with Crippen LogP contribution in [0.15, 0.2) is 54.6 Å². The Labute approximate surface area is 177 Å². The number of rotatable bonds is 5. The SMILES string of the molecule is CC(O)c1ccc2c(c1)CN(C(=O)Cc1nc(-c3ccc(F)cc3)ccc1[N+](=O)[O-])C2. The van der Waals surface area contributed by atoms with Gasteiger partial charge in [-0.2, -0.15) is 0 Å². The number of nitro groups is 1. The minimum Gasteiger partial charge on any atom is -0.389 e. The van der Waals surface area contributed by atoms with Crippen LogP contribution in [0.4, 0.5) is 10.1 Å². The highest BCUT2D eigenvalue weighted by Crippen LogP contribution is 2.28. The molecular formula is C23H20FN3O4. The Hall–Kier alpha value is -3.65. The molecule has 158 valence electrons. The Kier molecular flexibility index (Phi) is 5.48. The van der Waals surface area contributed by atoms with Crippen molar-refractivity contribution in [1.82, 2.24) is 9.88 Å². The van der Waals surface area contributed by atoms with Crippen LogP contribution in [0.5, 0.6) is 0 Å². The van der Waals surface area contributed by atoms with Crippen molar-refractivity contribution in [1.29, 1.82) is 0 Å². The van der Waals surface area contributed by atoms with Gasteiger partial charge in [0.25, 0.3) is 5.69 Å². The van der Waals surface area contributed by atoms with Gasteiger partial charge in [-0.05, 0) is 53.9 Å². The average molecular weight is 421 g/mol. The van der Waals surface area contributed by atoms with E-state index < -0.39 is 16.8 Å². The third-order valence-electron chi connectivity index (χ3n) is 5.39. The standard InChI is InChI=1S/C23H20FN3O4/c1-14(28)16-2-3-17-12-26(13-18(17)10-16)23(29)11-21-22(27(30)31)9-8-20(25-21)15-4-6-19(24)7-5-15/h2-10,14,28H,11-13H2,1H3. The lowest BCUT2D eigenvalue weighted by Gasteiger charge is -2.15. The molecule has 0 radical (unpaired) electrons. The quantitative estimate of drug-likeness (QED) is 0.497. The zero-order valence-electron chi connectivity index (χ0n) is 16.8. The molecule has 8 heteroatoms. The van der Waals surface area contributed by atoms with E-state index in [1.54, 1.807) is 11.8 Å². The van der Waals surface area contributed by atoms with E-state index in [2.05, 4.69) is 4.98 Å². The summed E-state index contributed by atoms with van der Waals surface area (Å²) in [6, 6.07) is 14.0. The Balaban J connectivity index is 1.57. The zero-order chi connectivity index (χ0) is 22.1. The van der Waals surface area contributed by atoms with Gasteiger partial charge in [0.1, 0.15) is 11.5 Å². The number of pyridine rings is 1. The van der Waals surface area contributed by atoms with Crippen LogP contribution in [0, 0.1) is 15.9 Å². The Morgan fingerprint density at radius 3 is 2.55 bits per heavy atom. The third kappa shape index (κ3) is 4.29. The molecule has 1 atom stereocenters. The maximum atomic E-state index is 13.2. The van der Waals surface area contributed by atoms with Gasteiger partial charge >= 0.3 is 0 Å². The van der Waals surface area contributed by atoms with Crippen LogP contribution in [0.25, 0.3) is 11.3 Å².